The van der Waals surface area contributed by atoms with Gasteiger partial charge < -0.3 is 19.9 Å². The normalized spacial score (nSPS) is 28.1. The summed E-state index contributed by atoms with van der Waals surface area (Å²) in [5, 5.41) is 13.6. The maximum absolute atomic E-state index is 14.3. The molecule has 7 aliphatic rings. The van der Waals surface area contributed by atoms with Crippen molar-refractivity contribution in [2.45, 2.75) is 108 Å². The maximum Gasteiger partial charge on any atom is 0.284 e. The Hall–Kier alpha value is -5.42. The molecule has 3 aromatic heterocycles. The molecule has 0 radical (unpaired) electrons. The van der Waals surface area contributed by atoms with E-state index in [2.05, 4.69) is 30.6 Å². The first-order valence-electron chi connectivity index (χ1n) is 23.2. The van der Waals surface area contributed by atoms with Crippen LogP contribution in [0, 0.1) is 29.1 Å². The minimum Gasteiger partial charge on any atom is -0.374 e. The van der Waals surface area contributed by atoms with Crippen molar-refractivity contribution in [3.05, 3.63) is 70.8 Å². The number of nitrogens with one attached hydrogen (secondary N) is 2. The highest BCUT2D eigenvalue weighted by molar-refractivity contribution is 6.28. The number of anilines is 2. The number of rotatable bonds is 11. The van der Waals surface area contributed by atoms with Crippen molar-refractivity contribution in [3.8, 4) is 0 Å². The number of hydrogen-bond donors (Lipinski definition) is 2. The van der Waals surface area contributed by atoms with Crippen molar-refractivity contribution in [2.24, 2.45) is 29.1 Å². The van der Waals surface area contributed by atoms with Crippen molar-refractivity contribution in [1.29, 1.82) is 0 Å². The molecular weight excluding hydrogens is 825 g/mol. The Morgan fingerprint density at radius 3 is 2.52 bits per heavy atom. The third-order valence-corrected chi connectivity index (χ3v) is 15.7. The number of ketones is 2. The number of aryl methyl sites for hydroxylation is 1. The summed E-state index contributed by atoms with van der Waals surface area (Å²) in [6.07, 6.45) is 13.3. The standard InChI is InChI=1S/C47H53F2N9O6/c48-43(49)40-35(51-46(63)34-19-50-57-17-14-36(52-44(34)57)56-21-31-18-30(56)23-64-31)22-58(54-40)29-8-5-27(6-9-29)20-55-24-47(25-55)15-12-26(13-16-47)4-7-28-2-1-3-32-38(28)42(61)39(41(32)60)33-10-11-37(59)53-45(33)62/h1-3,14,17,19,22,26-27,29-31,33,39,43H,4-13,15-16,18,20-21,23-25H2,(H,51,63)(H,53,59,62)/t27?,29?,30-,31-,33?,39?/m1/s1. The average Bonchev–Trinajstić information content (AvgIpc) is 4.13. The van der Waals surface area contributed by atoms with Gasteiger partial charge in [-0.15, -0.1) is 0 Å². The number of amides is 3. The maximum atomic E-state index is 14.3. The topological polar surface area (TPSA) is 173 Å². The molecule has 4 aliphatic heterocycles. The van der Waals surface area contributed by atoms with E-state index < -0.39 is 35.8 Å². The fourth-order valence-electron chi connectivity index (χ4n) is 12.3. The number of Topliss-reactive ketones (excluding diaryl/α,β-unsaturated/α-hetero) is 2. The zero-order chi connectivity index (χ0) is 43.9. The lowest BCUT2D eigenvalue weighted by molar-refractivity contribution is -0.137. The van der Waals surface area contributed by atoms with Crippen LogP contribution in [-0.4, -0.2) is 103 Å². The van der Waals surface area contributed by atoms with Crippen LogP contribution >= 0.6 is 0 Å². The molecule has 1 aromatic carbocycles. The number of aromatic nitrogens is 5. The average molecular weight is 878 g/mol. The number of ether oxygens (including phenoxy) is 1. The molecule has 3 aliphatic carbocycles. The number of alkyl halides is 2. The summed E-state index contributed by atoms with van der Waals surface area (Å²) in [5.41, 5.74) is 2.24. The molecule has 11 rings (SSSR count). The van der Waals surface area contributed by atoms with Crippen molar-refractivity contribution in [2.75, 3.05) is 43.0 Å². The molecule has 2 N–H and O–H groups in total. The molecule has 3 amide bonds. The fourth-order valence-corrected chi connectivity index (χ4v) is 12.3. The monoisotopic (exact) mass is 877 g/mol. The number of hydrogen-bond acceptors (Lipinski definition) is 11. The zero-order valence-electron chi connectivity index (χ0n) is 35.7. The molecule has 17 heteroatoms. The minimum atomic E-state index is -2.85. The first-order chi connectivity index (χ1) is 31.0. The zero-order valence-corrected chi connectivity index (χ0v) is 35.7. The van der Waals surface area contributed by atoms with Crippen LogP contribution < -0.4 is 15.5 Å². The van der Waals surface area contributed by atoms with E-state index in [9.17, 15) is 32.8 Å². The summed E-state index contributed by atoms with van der Waals surface area (Å²) in [6.45, 7) is 4.62. The minimum absolute atomic E-state index is 0.00237. The number of piperidine rings is 1. The molecule has 2 unspecified atom stereocenters. The molecule has 4 atom stereocenters. The number of nitrogens with zero attached hydrogens (tertiary/aromatic N) is 7. The summed E-state index contributed by atoms with van der Waals surface area (Å²) >= 11 is 0. The van der Waals surface area contributed by atoms with Gasteiger partial charge in [0, 0.05) is 56.1 Å². The first-order valence-corrected chi connectivity index (χ1v) is 23.2. The number of imide groups is 1. The smallest absolute Gasteiger partial charge is 0.284 e. The van der Waals surface area contributed by atoms with Crippen LogP contribution in [-0.2, 0) is 20.7 Å². The van der Waals surface area contributed by atoms with Crippen LogP contribution in [0.25, 0.3) is 5.65 Å². The lowest BCUT2D eigenvalue weighted by Crippen LogP contribution is -2.58. The van der Waals surface area contributed by atoms with Gasteiger partial charge in [0.1, 0.15) is 11.4 Å². The van der Waals surface area contributed by atoms with E-state index in [1.54, 1.807) is 23.1 Å². The van der Waals surface area contributed by atoms with Crippen molar-refractivity contribution in [1.82, 2.24) is 34.6 Å². The first kappa shape index (κ1) is 41.3. The molecule has 7 heterocycles. The second kappa shape index (κ2) is 16.2. The van der Waals surface area contributed by atoms with E-state index in [4.69, 9.17) is 9.72 Å². The van der Waals surface area contributed by atoms with Crippen LogP contribution in [0.1, 0.15) is 132 Å². The molecule has 4 saturated heterocycles. The van der Waals surface area contributed by atoms with Gasteiger partial charge in [-0.3, -0.25) is 34.0 Å². The number of halogens is 2. The van der Waals surface area contributed by atoms with Gasteiger partial charge >= 0.3 is 0 Å². The number of carbonyl (C=O) groups excluding carboxylic acids is 5. The Balaban J connectivity index is 0.645. The highest BCUT2D eigenvalue weighted by Gasteiger charge is 2.49. The van der Waals surface area contributed by atoms with Gasteiger partial charge in [0.05, 0.1) is 48.5 Å². The van der Waals surface area contributed by atoms with Crippen molar-refractivity contribution >= 4 is 46.4 Å². The van der Waals surface area contributed by atoms with E-state index in [-0.39, 0.29) is 59.8 Å². The van der Waals surface area contributed by atoms with Crippen molar-refractivity contribution in [3.63, 3.8) is 0 Å². The predicted octanol–water partition coefficient (Wildman–Crippen LogP) is 6.00. The Labute approximate surface area is 368 Å². The second-order valence-electron chi connectivity index (χ2n) is 19.7. The van der Waals surface area contributed by atoms with E-state index >= 15 is 0 Å². The quantitative estimate of drug-likeness (QED) is 0.134. The second-order valence-corrected chi connectivity index (χ2v) is 19.7. The summed E-state index contributed by atoms with van der Waals surface area (Å²) in [7, 11) is 0. The Morgan fingerprint density at radius 1 is 0.969 bits per heavy atom. The van der Waals surface area contributed by atoms with Gasteiger partial charge in [-0.1, -0.05) is 18.2 Å². The van der Waals surface area contributed by atoms with Crippen LogP contribution in [0.5, 0.6) is 0 Å². The van der Waals surface area contributed by atoms with Gasteiger partial charge in [-0.05, 0) is 106 Å². The van der Waals surface area contributed by atoms with E-state index in [1.165, 1.54) is 23.6 Å². The van der Waals surface area contributed by atoms with Crippen LogP contribution in [0.4, 0.5) is 20.3 Å². The summed E-state index contributed by atoms with van der Waals surface area (Å²) < 4.78 is 37.5. The molecule has 64 heavy (non-hydrogen) atoms. The van der Waals surface area contributed by atoms with Crippen LogP contribution in [0.15, 0.2) is 42.9 Å². The number of morpholine rings is 1. The predicted molar refractivity (Wildman–Crippen MR) is 228 cm³/mol. The fraction of sp³-hybridized carbons (Fsp3) is 0.574. The van der Waals surface area contributed by atoms with Gasteiger partial charge in [-0.25, -0.2) is 18.3 Å². The number of likely N-dealkylation sites (tertiary alicyclic amines) is 1. The molecule has 4 aromatic rings. The third-order valence-electron chi connectivity index (χ3n) is 15.7. The van der Waals surface area contributed by atoms with Gasteiger partial charge in [0.2, 0.25) is 11.8 Å². The van der Waals surface area contributed by atoms with E-state index in [0.29, 0.717) is 47.1 Å². The van der Waals surface area contributed by atoms with Crippen molar-refractivity contribution < 1.29 is 37.5 Å². The molecular formula is C47H53F2N9O6. The summed E-state index contributed by atoms with van der Waals surface area (Å²) in [5.74, 6) is -2.07. The molecule has 6 fully saturated rings. The third kappa shape index (κ3) is 7.41. The van der Waals surface area contributed by atoms with E-state index in [0.717, 1.165) is 88.9 Å². The molecule has 1 spiro atoms. The van der Waals surface area contributed by atoms with Crippen LogP contribution in [0.2, 0.25) is 0 Å². The lowest BCUT2D eigenvalue weighted by Gasteiger charge is -2.54. The van der Waals surface area contributed by atoms with Gasteiger partial charge in [0.25, 0.3) is 12.3 Å². The Bertz CT molecular complexity index is 2530. The summed E-state index contributed by atoms with van der Waals surface area (Å²) in [4.78, 5) is 74.4. The Kier molecular flexibility index (Phi) is 10.5. The number of carbonyl (C=O) groups is 5. The molecule has 2 saturated carbocycles. The molecule has 2 bridgehead atoms. The van der Waals surface area contributed by atoms with Crippen LogP contribution in [0.3, 0.4) is 0 Å². The van der Waals surface area contributed by atoms with Gasteiger partial charge in [-0.2, -0.15) is 10.2 Å². The lowest BCUT2D eigenvalue weighted by atomic mass is 9.65. The highest BCUT2D eigenvalue weighted by atomic mass is 19.3. The van der Waals surface area contributed by atoms with Gasteiger partial charge in [0.15, 0.2) is 22.9 Å². The molecule has 15 nitrogen and oxygen atoms in total. The summed E-state index contributed by atoms with van der Waals surface area (Å²) in [6, 6.07) is 7.55. The largest absolute Gasteiger partial charge is 0.374 e. The number of benzene rings is 1. The SMILES string of the molecule is O=C1CCC(C2C(=O)c3cccc(CCC4CCC5(CC4)CN(CC4CCC(n6cc(NC(=O)c7cnn8ccc(N9C[C@H]%10C[C@@H]9CO%10)nc78)c(C(F)F)n6)CC4)C5)c3C2=O)C(=O)N1. The number of fused-ring (bicyclic) bond motifs is 4. The molecule has 336 valence electrons. The Morgan fingerprint density at radius 2 is 1.78 bits per heavy atom. The highest BCUT2D eigenvalue weighted by Crippen LogP contribution is 2.48. The van der Waals surface area contributed by atoms with E-state index in [1.807, 2.05) is 18.2 Å².